The number of aryl methyl sites for hydroxylation is 1. The van der Waals surface area contributed by atoms with E-state index in [4.69, 9.17) is 14.2 Å². The fraction of sp³-hybridized carbons (Fsp3) is 0.552. The van der Waals surface area contributed by atoms with Gasteiger partial charge in [0, 0.05) is 19.2 Å². The first-order chi connectivity index (χ1) is 17.0. The van der Waals surface area contributed by atoms with E-state index < -0.39 is 6.10 Å². The molecule has 1 fully saturated rings. The average Bonchev–Trinajstić information content (AvgIpc) is 2.87. The van der Waals surface area contributed by atoms with Gasteiger partial charge in [0.15, 0.2) is 23.4 Å². The van der Waals surface area contributed by atoms with E-state index in [1.807, 2.05) is 12.1 Å². The van der Waals surface area contributed by atoms with E-state index in [1.165, 1.54) is 31.7 Å². The molecule has 0 saturated carbocycles. The van der Waals surface area contributed by atoms with Crippen LogP contribution in [0.15, 0.2) is 42.5 Å². The zero-order chi connectivity index (χ0) is 25.0. The monoisotopic (exact) mass is 483 g/mol. The smallest absolute Gasteiger partial charge is 0.169 e. The van der Waals surface area contributed by atoms with Crippen molar-refractivity contribution >= 4 is 5.78 Å². The summed E-state index contributed by atoms with van der Waals surface area (Å²) in [5, 5.41) is 9.25. The molecule has 0 aromatic heterocycles. The van der Waals surface area contributed by atoms with Crippen LogP contribution in [0.5, 0.6) is 17.2 Å². The summed E-state index contributed by atoms with van der Waals surface area (Å²) in [5.74, 6) is 2.60. The molecule has 0 amide bonds. The molecule has 1 heterocycles. The minimum atomic E-state index is -0.547. The summed E-state index contributed by atoms with van der Waals surface area (Å²) in [7, 11) is 1.62. The van der Waals surface area contributed by atoms with Gasteiger partial charge in [-0.2, -0.15) is 0 Å². The fourth-order valence-electron chi connectivity index (χ4n) is 4.54. The molecule has 2 aromatic carbocycles. The number of ketones is 1. The predicted octanol–water partition coefficient (Wildman–Crippen LogP) is 4.70. The molecule has 3 rings (SSSR count). The number of likely N-dealkylation sites (tertiary alicyclic amines) is 1. The molecule has 1 saturated heterocycles. The van der Waals surface area contributed by atoms with Crippen molar-refractivity contribution in [1.29, 1.82) is 0 Å². The second-order valence-electron chi connectivity index (χ2n) is 9.49. The van der Waals surface area contributed by atoms with Crippen LogP contribution in [0.1, 0.15) is 50.7 Å². The van der Waals surface area contributed by atoms with Gasteiger partial charge in [-0.1, -0.05) is 30.3 Å². The normalized spacial score (nSPS) is 15.5. The Morgan fingerprint density at radius 3 is 2.49 bits per heavy atom. The molecule has 35 heavy (non-hydrogen) atoms. The highest BCUT2D eigenvalue weighted by Gasteiger charge is 2.20. The van der Waals surface area contributed by atoms with Crippen molar-refractivity contribution in [3.63, 3.8) is 0 Å². The Hall–Kier alpha value is -2.57. The second-order valence-corrected chi connectivity index (χ2v) is 9.49. The SMILES string of the molecule is COc1cc(CCCO)c(OC(C)C(C)=O)cc1OCCCN1CCC(Cc2ccccc2)CC1. The van der Waals surface area contributed by atoms with E-state index in [-0.39, 0.29) is 12.4 Å². The number of piperidine rings is 1. The van der Waals surface area contributed by atoms with Crippen LogP contribution in [0, 0.1) is 5.92 Å². The molecule has 1 aliphatic heterocycles. The summed E-state index contributed by atoms with van der Waals surface area (Å²) in [5.41, 5.74) is 2.34. The summed E-state index contributed by atoms with van der Waals surface area (Å²) in [4.78, 5) is 14.3. The molecule has 1 N–H and O–H groups in total. The maximum Gasteiger partial charge on any atom is 0.169 e. The summed E-state index contributed by atoms with van der Waals surface area (Å²) in [6.45, 7) is 7.22. The molecule has 6 heteroatoms. The van der Waals surface area contributed by atoms with E-state index in [1.54, 1.807) is 14.0 Å². The summed E-state index contributed by atoms with van der Waals surface area (Å²) >= 11 is 0. The Labute approximate surface area is 210 Å². The Kier molecular flexibility index (Phi) is 10.9. The maximum atomic E-state index is 11.7. The molecule has 1 aliphatic rings. The first-order valence-electron chi connectivity index (χ1n) is 12.9. The third-order valence-corrected chi connectivity index (χ3v) is 6.78. The van der Waals surface area contributed by atoms with Crippen molar-refractivity contribution in [2.45, 2.75) is 58.5 Å². The quantitative estimate of drug-likeness (QED) is 0.393. The van der Waals surface area contributed by atoms with Crippen molar-refractivity contribution in [3.8, 4) is 17.2 Å². The van der Waals surface area contributed by atoms with Gasteiger partial charge in [-0.15, -0.1) is 0 Å². The Morgan fingerprint density at radius 1 is 1.09 bits per heavy atom. The lowest BCUT2D eigenvalue weighted by molar-refractivity contribution is -0.122. The molecule has 0 radical (unpaired) electrons. The highest BCUT2D eigenvalue weighted by atomic mass is 16.5. The van der Waals surface area contributed by atoms with Gasteiger partial charge in [-0.05, 0) is 88.6 Å². The van der Waals surface area contributed by atoms with Gasteiger partial charge in [-0.3, -0.25) is 4.79 Å². The van der Waals surface area contributed by atoms with Gasteiger partial charge in [0.1, 0.15) is 5.75 Å². The Balaban J connectivity index is 1.50. The van der Waals surface area contributed by atoms with Crippen LogP contribution in [0.2, 0.25) is 0 Å². The van der Waals surface area contributed by atoms with Crippen LogP contribution in [0.25, 0.3) is 0 Å². The Bertz CT molecular complexity index is 909. The number of nitrogens with zero attached hydrogens (tertiary/aromatic N) is 1. The third-order valence-electron chi connectivity index (χ3n) is 6.78. The largest absolute Gasteiger partial charge is 0.493 e. The van der Waals surface area contributed by atoms with Crippen molar-refractivity contribution in [2.24, 2.45) is 5.92 Å². The number of hydrogen-bond acceptors (Lipinski definition) is 6. The topological polar surface area (TPSA) is 68.2 Å². The van der Waals surface area contributed by atoms with Gasteiger partial charge >= 0.3 is 0 Å². The van der Waals surface area contributed by atoms with Crippen LogP contribution in [-0.2, 0) is 17.6 Å². The van der Waals surface area contributed by atoms with E-state index in [2.05, 4.69) is 35.2 Å². The van der Waals surface area contributed by atoms with Gasteiger partial charge in [0.2, 0.25) is 0 Å². The van der Waals surface area contributed by atoms with Gasteiger partial charge in [-0.25, -0.2) is 0 Å². The number of benzene rings is 2. The van der Waals surface area contributed by atoms with Crippen molar-refractivity contribution < 1.29 is 24.1 Å². The van der Waals surface area contributed by atoms with Crippen LogP contribution >= 0.6 is 0 Å². The number of carbonyl (C=O) groups is 1. The first-order valence-corrected chi connectivity index (χ1v) is 12.9. The molecule has 2 aromatic rings. The van der Waals surface area contributed by atoms with E-state index >= 15 is 0 Å². The van der Waals surface area contributed by atoms with E-state index in [9.17, 15) is 9.90 Å². The standard InChI is InChI=1S/C29H41NO5/c1-22(32)23(2)35-27-21-29(28(33-3)20-26(27)11-7-17-31)34-18-8-14-30-15-12-25(13-16-30)19-24-9-5-4-6-10-24/h4-6,9-10,20-21,23,25,31H,7-8,11-19H2,1-3H3. The third kappa shape index (κ3) is 8.55. The summed E-state index contributed by atoms with van der Waals surface area (Å²) in [6.07, 6.45) is 5.29. The molecule has 1 unspecified atom stereocenters. The fourth-order valence-corrected chi connectivity index (χ4v) is 4.54. The summed E-state index contributed by atoms with van der Waals surface area (Å²) in [6, 6.07) is 14.5. The van der Waals surface area contributed by atoms with Crippen molar-refractivity contribution in [1.82, 2.24) is 4.90 Å². The maximum absolute atomic E-state index is 11.7. The van der Waals surface area contributed by atoms with Gasteiger partial charge in [0.05, 0.1) is 13.7 Å². The van der Waals surface area contributed by atoms with Crippen LogP contribution in [0.3, 0.4) is 0 Å². The Morgan fingerprint density at radius 2 is 1.83 bits per heavy atom. The number of methoxy groups -OCH3 is 1. The van der Waals surface area contributed by atoms with Gasteiger partial charge < -0.3 is 24.2 Å². The first kappa shape index (κ1) is 27.0. The summed E-state index contributed by atoms with van der Waals surface area (Å²) < 4.78 is 17.6. The lowest BCUT2D eigenvalue weighted by Crippen LogP contribution is -2.35. The van der Waals surface area contributed by atoms with Crippen molar-refractivity contribution in [3.05, 3.63) is 53.6 Å². The highest BCUT2D eigenvalue weighted by molar-refractivity contribution is 5.80. The number of ether oxygens (including phenoxy) is 3. The number of aliphatic hydroxyl groups is 1. The predicted molar refractivity (Wildman–Crippen MR) is 139 cm³/mol. The molecular weight excluding hydrogens is 442 g/mol. The number of Topliss-reactive ketones (excluding diaryl/α,β-unsaturated/α-hetero) is 1. The average molecular weight is 484 g/mol. The lowest BCUT2D eigenvalue weighted by atomic mass is 9.90. The van der Waals surface area contributed by atoms with E-state index in [0.717, 1.165) is 37.5 Å². The molecular formula is C29H41NO5. The molecule has 0 spiro atoms. The minimum absolute atomic E-state index is 0.0380. The zero-order valence-electron chi connectivity index (χ0n) is 21.5. The highest BCUT2D eigenvalue weighted by Crippen LogP contribution is 2.36. The minimum Gasteiger partial charge on any atom is -0.493 e. The molecule has 6 nitrogen and oxygen atoms in total. The van der Waals surface area contributed by atoms with Gasteiger partial charge in [0.25, 0.3) is 0 Å². The number of hydrogen-bond donors (Lipinski definition) is 1. The lowest BCUT2D eigenvalue weighted by Gasteiger charge is -2.32. The second kappa shape index (κ2) is 14.1. The molecule has 1 atom stereocenters. The number of rotatable bonds is 14. The molecule has 192 valence electrons. The van der Waals surface area contributed by atoms with Crippen LogP contribution < -0.4 is 14.2 Å². The van der Waals surface area contributed by atoms with Crippen molar-refractivity contribution in [2.75, 3.05) is 40.0 Å². The molecule has 0 bridgehead atoms. The zero-order valence-corrected chi connectivity index (χ0v) is 21.5. The number of aliphatic hydroxyl groups excluding tert-OH is 1. The molecule has 0 aliphatic carbocycles. The van der Waals surface area contributed by atoms with Crippen LogP contribution in [-0.4, -0.2) is 61.9 Å². The van der Waals surface area contributed by atoms with E-state index in [0.29, 0.717) is 36.7 Å². The number of carbonyl (C=O) groups excluding carboxylic acids is 1. The van der Waals surface area contributed by atoms with Crippen LogP contribution in [0.4, 0.5) is 0 Å².